The molecule has 0 aliphatic heterocycles. The number of hydrogen-bond acceptors (Lipinski definition) is 4. The number of carbonyl (C=O) groups is 1. The fourth-order valence-corrected chi connectivity index (χ4v) is 3.80. The van der Waals surface area contributed by atoms with E-state index in [0.29, 0.717) is 19.6 Å². The molecule has 3 aromatic rings. The lowest BCUT2D eigenvalue weighted by molar-refractivity contribution is -0.117. The Hall–Kier alpha value is -1.89. The van der Waals surface area contributed by atoms with Crippen LogP contribution in [0.1, 0.15) is 16.2 Å². The van der Waals surface area contributed by atoms with Gasteiger partial charge in [-0.2, -0.15) is 0 Å². The molecule has 0 aliphatic carbocycles. The van der Waals surface area contributed by atoms with E-state index < -0.39 is 0 Å². The molecule has 1 N–H and O–H groups in total. The van der Waals surface area contributed by atoms with E-state index in [4.69, 9.17) is 4.42 Å². The van der Waals surface area contributed by atoms with Crippen molar-refractivity contribution in [3.05, 3.63) is 74.8 Å². The Morgan fingerprint density at radius 1 is 1.24 bits per heavy atom. The van der Waals surface area contributed by atoms with Crippen LogP contribution < -0.4 is 5.32 Å². The molecule has 0 aliphatic rings. The zero-order chi connectivity index (χ0) is 17.6. The summed E-state index contributed by atoms with van der Waals surface area (Å²) in [7, 11) is 0. The summed E-state index contributed by atoms with van der Waals surface area (Å²) >= 11 is 5.13. The number of furan rings is 1. The molecule has 0 fully saturated rings. The molecule has 0 radical (unpaired) electrons. The largest absolute Gasteiger partial charge is 0.468 e. The van der Waals surface area contributed by atoms with Crippen LogP contribution in [0.3, 0.4) is 0 Å². The van der Waals surface area contributed by atoms with E-state index in [1.165, 1.54) is 4.88 Å². The Labute approximate surface area is 159 Å². The average Bonchev–Trinajstić information content (AvgIpc) is 3.24. The molecule has 6 heteroatoms. The van der Waals surface area contributed by atoms with Crippen molar-refractivity contribution in [1.82, 2.24) is 4.90 Å². The van der Waals surface area contributed by atoms with Gasteiger partial charge < -0.3 is 9.73 Å². The van der Waals surface area contributed by atoms with Gasteiger partial charge in [-0.25, -0.2) is 0 Å². The van der Waals surface area contributed by atoms with Gasteiger partial charge in [0.2, 0.25) is 5.91 Å². The smallest absolute Gasteiger partial charge is 0.238 e. The van der Waals surface area contributed by atoms with Crippen molar-refractivity contribution in [3.63, 3.8) is 0 Å². The molecule has 4 nitrogen and oxygen atoms in total. The van der Waals surface area contributed by atoms with E-state index in [1.54, 1.807) is 17.6 Å². The van der Waals surface area contributed by atoms with Crippen LogP contribution in [0.15, 0.2) is 63.0 Å². The van der Waals surface area contributed by atoms with Crippen molar-refractivity contribution in [1.29, 1.82) is 0 Å². The Kier molecular flexibility index (Phi) is 6.07. The third-order valence-corrected chi connectivity index (χ3v) is 5.10. The maximum Gasteiger partial charge on any atom is 0.238 e. The minimum atomic E-state index is -0.0338. The van der Waals surface area contributed by atoms with Gasteiger partial charge >= 0.3 is 0 Å². The van der Waals surface area contributed by atoms with E-state index in [2.05, 4.69) is 32.2 Å². The molecule has 2 heterocycles. The summed E-state index contributed by atoms with van der Waals surface area (Å²) in [6, 6.07) is 13.7. The van der Waals surface area contributed by atoms with E-state index in [1.807, 2.05) is 48.7 Å². The number of anilines is 1. The van der Waals surface area contributed by atoms with Gasteiger partial charge in [-0.15, -0.1) is 11.3 Å². The topological polar surface area (TPSA) is 45.5 Å². The molecule has 0 atom stereocenters. The SMILES string of the molecule is Cc1cc(Br)ccc1NC(=O)CN(Cc1ccco1)Cc1cccs1. The molecule has 25 heavy (non-hydrogen) atoms. The number of carbonyl (C=O) groups excluding carboxylic acids is 1. The Balaban J connectivity index is 1.66. The zero-order valence-electron chi connectivity index (χ0n) is 13.9. The van der Waals surface area contributed by atoms with Gasteiger partial charge in [0.05, 0.1) is 19.4 Å². The summed E-state index contributed by atoms with van der Waals surface area (Å²) < 4.78 is 6.44. The third kappa shape index (κ3) is 5.29. The van der Waals surface area contributed by atoms with Gasteiger partial charge in [0, 0.05) is 21.6 Å². The number of benzene rings is 1. The molecule has 0 unspecified atom stereocenters. The van der Waals surface area contributed by atoms with E-state index in [0.717, 1.165) is 21.5 Å². The molecule has 0 saturated heterocycles. The third-order valence-electron chi connectivity index (χ3n) is 3.75. The molecule has 0 bridgehead atoms. The van der Waals surface area contributed by atoms with Gasteiger partial charge in [0.1, 0.15) is 5.76 Å². The molecule has 3 rings (SSSR count). The fourth-order valence-electron chi connectivity index (χ4n) is 2.57. The first kappa shape index (κ1) is 17.9. The summed E-state index contributed by atoms with van der Waals surface area (Å²) in [6.45, 7) is 3.59. The van der Waals surface area contributed by atoms with Crippen LogP contribution in [0.5, 0.6) is 0 Å². The first-order valence-corrected chi connectivity index (χ1v) is 9.60. The molecule has 1 amide bonds. The Bertz CT molecular complexity index is 780. The average molecular weight is 419 g/mol. The molecular formula is C19H19BrN2O2S. The summed E-state index contributed by atoms with van der Waals surface area (Å²) in [5.74, 6) is 0.817. The summed E-state index contributed by atoms with van der Waals surface area (Å²) in [5.41, 5.74) is 1.86. The Morgan fingerprint density at radius 2 is 2.12 bits per heavy atom. The van der Waals surface area contributed by atoms with Gasteiger partial charge in [-0.05, 0) is 54.3 Å². The highest BCUT2D eigenvalue weighted by atomic mass is 79.9. The van der Waals surface area contributed by atoms with Gasteiger partial charge in [0.15, 0.2) is 0 Å². The van der Waals surface area contributed by atoms with Gasteiger partial charge in [-0.3, -0.25) is 9.69 Å². The van der Waals surface area contributed by atoms with E-state index >= 15 is 0 Å². The van der Waals surface area contributed by atoms with Crippen LogP contribution in [0.2, 0.25) is 0 Å². The van der Waals surface area contributed by atoms with E-state index in [9.17, 15) is 4.79 Å². The second-order valence-corrected chi connectivity index (χ2v) is 7.76. The second-order valence-electron chi connectivity index (χ2n) is 5.81. The first-order valence-electron chi connectivity index (χ1n) is 7.93. The van der Waals surface area contributed by atoms with Crippen molar-refractivity contribution < 1.29 is 9.21 Å². The minimum Gasteiger partial charge on any atom is -0.468 e. The lowest BCUT2D eigenvalue weighted by Crippen LogP contribution is -2.32. The predicted molar refractivity (Wildman–Crippen MR) is 105 cm³/mol. The number of amides is 1. The maximum absolute atomic E-state index is 12.5. The van der Waals surface area contributed by atoms with Crippen LogP contribution in [-0.2, 0) is 17.9 Å². The lowest BCUT2D eigenvalue weighted by atomic mass is 10.2. The number of halogens is 1. The van der Waals surface area contributed by atoms with Gasteiger partial charge in [0.25, 0.3) is 0 Å². The van der Waals surface area contributed by atoms with Crippen molar-refractivity contribution in [2.45, 2.75) is 20.0 Å². The molecular weight excluding hydrogens is 400 g/mol. The molecule has 0 saturated carbocycles. The number of thiophene rings is 1. The molecule has 2 aromatic heterocycles. The summed E-state index contributed by atoms with van der Waals surface area (Å²) in [5, 5.41) is 5.05. The highest BCUT2D eigenvalue weighted by molar-refractivity contribution is 9.10. The van der Waals surface area contributed by atoms with Crippen LogP contribution in [-0.4, -0.2) is 17.4 Å². The monoisotopic (exact) mass is 418 g/mol. The maximum atomic E-state index is 12.5. The van der Waals surface area contributed by atoms with Crippen LogP contribution in [0.25, 0.3) is 0 Å². The number of aryl methyl sites for hydroxylation is 1. The van der Waals surface area contributed by atoms with Crippen molar-refractivity contribution in [2.75, 3.05) is 11.9 Å². The normalized spacial score (nSPS) is 11.0. The highest BCUT2D eigenvalue weighted by Crippen LogP contribution is 2.20. The predicted octanol–water partition coefficient (Wildman–Crippen LogP) is 5.05. The van der Waals surface area contributed by atoms with Gasteiger partial charge in [-0.1, -0.05) is 22.0 Å². The fraction of sp³-hybridized carbons (Fsp3) is 0.211. The van der Waals surface area contributed by atoms with Crippen molar-refractivity contribution in [2.24, 2.45) is 0 Å². The van der Waals surface area contributed by atoms with Crippen LogP contribution in [0.4, 0.5) is 5.69 Å². The minimum absolute atomic E-state index is 0.0338. The van der Waals surface area contributed by atoms with Crippen LogP contribution >= 0.6 is 27.3 Å². The van der Waals surface area contributed by atoms with Crippen molar-refractivity contribution >= 4 is 38.9 Å². The number of rotatable bonds is 7. The lowest BCUT2D eigenvalue weighted by Gasteiger charge is -2.20. The zero-order valence-corrected chi connectivity index (χ0v) is 16.3. The van der Waals surface area contributed by atoms with E-state index in [-0.39, 0.29) is 5.91 Å². The van der Waals surface area contributed by atoms with Crippen LogP contribution in [0, 0.1) is 6.92 Å². The molecule has 0 spiro atoms. The summed E-state index contributed by atoms with van der Waals surface area (Å²) in [4.78, 5) is 15.8. The van der Waals surface area contributed by atoms with Crippen molar-refractivity contribution in [3.8, 4) is 0 Å². The number of nitrogens with zero attached hydrogens (tertiary/aromatic N) is 1. The quantitative estimate of drug-likeness (QED) is 0.583. The Morgan fingerprint density at radius 3 is 2.80 bits per heavy atom. The number of hydrogen-bond donors (Lipinski definition) is 1. The highest BCUT2D eigenvalue weighted by Gasteiger charge is 2.15. The number of nitrogens with one attached hydrogen (secondary N) is 1. The standard InChI is InChI=1S/C19H19BrN2O2S/c1-14-10-15(20)6-7-18(14)21-19(23)13-22(11-16-4-2-8-24-16)12-17-5-3-9-25-17/h2-10H,11-13H2,1H3,(H,21,23). The second kappa shape index (κ2) is 8.47. The first-order chi connectivity index (χ1) is 12.1. The summed E-state index contributed by atoms with van der Waals surface area (Å²) in [6.07, 6.45) is 1.66. The molecule has 1 aromatic carbocycles. The molecule has 130 valence electrons.